The van der Waals surface area contributed by atoms with Crippen LogP contribution in [0.5, 0.6) is 0 Å². The van der Waals surface area contributed by atoms with Gasteiger partial charge in [-0.15, -0.1) is 12.4 Å². The fraction of sp³-hybridized carbons (Fsp3) is 0.347. The molecule has 0 radical (unpaired) electrons. The Bertz CT molecular complexity index is 2130. The van der Waals surface area contributed by atoms with Crippen LogP contribution < -0.4 is 38.2 Å². The fourth-order valence-corrected chi connectivity index (χ4v) is 5.96. The summed E-state index contributed by atoms with van der Waals surface area (Å²) in [7, 11) is 1.26. The Morgan fingerprint density at radius 2 is 0.921 bits per heavy atom. The third-order valence-electron chi connectivity index (χ3n) is 10.1. The van der Waals surface area contributed by atoms with Crippen molar-refractivity contribution in [3.8, 4) is 23.7 Å². The van der Waals surface area contributed by atoms with Gasteiger partial charge in [-0.3, -0.25) is 19.6 Å². The molecule has 0 saturated heterocycles. The lowest BCUT2D eigenvalue weighted by atomic mass is 9.95. The summed E-state index contributed by atoms with van der Waals surface area (Å²) < 4.78 is 4.75. The van der Waals surface area contributed by atoms with Crippen molar-refractivity contribution in [3.63, 3.8) is 0 Å². The minimum absolute atomic E-state index is 0. The highest BCUT2D eigenvalue weighted by molar-refractivity contribution is 5.98. The number of hydrogen-bond donors (Lipinski definition) is 8. The Balaban J connectivity index is 0.000000272. The Hall–Kier alpha value is -6.03. The van der Waals surface area contributed by atoms with E-state index in [2.05, 4.69) is 69.2 Å². The van der Waals surface area contributed by atoms with Gasteiger partial charge in [-0.2, -0.15) is 0 Å². The van der Waals surface area contributed by atoms with Gasteiger partial charge in [-0.25, -0.2) is 10.3 Å². The molecule has 2 aliphatic carbocycles. The summed E-state index contributed by atoms with van der Waals surface area (Å²) in [6, 6.07) is 29.3. The second-order valence-corrected chi connectivity index (χ2v) is 16.8. The average molecular weight is 876 g/mol. The first kappa shape index (κ1) is 49.6. The first-order chi connectivity index (χ1) is 29.5. The van der Waals surface area contributed by atoms with Crippen LogP contribution in [0, 0.1) is 23.7 Å². The zero-order valence-corrected chi connectivity index (χ0v) is 37.2. The van der Waals surface area contributed by atoms with Gasteiger partial charge in [0.1, 0.15) is 12.1 Å². The van der Waals surface area contributed by atoms with Crippen LogP contribution in [0.4, 0.5) is 0 Å². The van der Waals surface area contributed by atoms with Gasteiger partial charge < -0.3 is 37.5 Å². The number of nitrogens with two attached hydrogens (primary N) is 2. The van der Waals surface area contributed by atoms with Gasteiger partial charge in [0.05, 0.1) is 7.11 Å². The van der Waals surface area contributed by atoms with E-state index >= 15 is 0 Å². The molecule has 0 heterocycles. The molecule has 0 unspecified atom stereocenters. The smallest absolute Gasteiger partial charge is 0.330 e. The number of carbonyl (C=O) groups excluding carboxylic acids is 4. The van der Waals surface area contributed by atoms with E-state index in [4.69, 9.17) is 21.4 Å². The van der Waals surface area contributed by atoms with Crippen LogP contribution >= 0.6 is 12.4 Å². The maximum atomic E-state index is 12.5. The molecule has 332 valence electrons. The van der Waals surface area contributed by atoms with Gasteiger partial charge in [0, 0.05) is 69.6 Å². The van der Waals surface area contributed by atoms with Crippen LogP contribution in [0.1, 0.15) is 107 Å². The van der Waals surface area contributed by atoms with Crippen molar-refractivity contribution in [1.29, 1.82) is 0 Å². The average Bonchev–Trinajstić information content (AvgIpc) is 4.21. The highest BCUT2D eigenvalue weighted by atomic mass is 35.5. The van der Waals surface area contributed by atoms with Crippen LogP contribution in [0.25, 0.3) is 0 Å². The predicted octanol–water partition coefficient (Wildman–Crippen LogP) is 4.45. The quantitative estimate of drug-likeness (QED) is 0.0387. The van der Waals surface area contributed by atoms with Crippen LogP contribution in [0.2, 0.25) is 0 Å². The monoisotopic (exact) mass is 875 g/mol. The molecular formula is C49H58ClN7O6. The molecule has 4 aromatic rings. The number of methoxy groups -OCH3 is 1. The van der Waals surface area contributed by atoms with E-state index in [1.54, 1.807) is 76.2 Å². The lowest BCUT2D eigenvalue weighted by Crippen LogP contribution is -2.61. The number of benzene rings is 4. The highest BCUT2D eigenvalue weighted by Gasteiger charge is 2.35. The molecule has 2 saturated carbocycles. The normalized spacial score (nSPS) is 14.0. The van der Waals surface area contributed by atoms with Crippen molar-refractivity contribution in [3.05, 3.63) is 142 Å². The SMILES string of the molecule is CC(C)(N)[C@H](NC(=O)c1ccc(C#Cc2ccc(CNC3CC3)cc2)cc1)C(=O)NO.COC(=O)[C@@H](NC(=O)c1ccc(C#Cc2ccc(CNC3CC3)cc2)cc1)C(C)(C)N.Cl. The third kappa shape index (κ3) is 16.3. The summed E-state index contributed by atoms with van der Waals surface area (Å²) in [5.74, 6) is 10.2. The highest BCUT2D eigenvalue weighted by Crippen LogP contribution is 2.20. The van der Waals surface area contributed by atoms with E-state index in [-0.39, 0.29) is 12.4 Å². The van der Waals surface area contributed by atoms with E-state index in [1.807, 2.05) is 24.3 Å². The van der Waals surface area contributed by atoms with Gasteiger partial charge in [0.15, 0.2) is 0 Å². The second-order valence-electron chi connectivity index (χ2n) is 16.8. The van der Waals surface area contributed by atoms with E-state index in [1.165, 1.54) is 49.4 Å². The molecule has 3 amide bonds. The molecule has 10 N–H and O–H groups in total. The van der Waals surface area contributed by atoms with Crippen LogP contribution in [-0.4, -0.2) is 71.3 Å². The summed E-state index contributed by atoms with van der Waals surface area (Å²) in [6.45, 7) is 8.25. The number of esters is 1. The molecule has 63 heavy (non-hydrogen) atoms. The van der Waals surface area contributed by atoms with Crippen molar-refractivity contribution in [1.82, 2.24) is 26.7 Å². The van der Waals surface area contributed by atoms with Crippen molar-refractivity contribution in [2.24, 2.45) is 11.5 Å². The van der Waals surface area contributed by atoms with Gasteiger partial charge in [-0.05, 0) is 137 Å². The maximum Gasteiger partial charge on any atom is 0.330 e. The molecular weight excluding hydrogens is 818 g/mol. The lowest BCUT2D eigenvalue weighted by Gasteiger charge is -2.29. The molecule has 0 aromatic heterocycles. The van der Waals surface area contributed by atoms with Gasteiger partial charge >= 0.3 is 5.97 Å². The number of hydroxylamine groups is 1. The number of amides is 3. The Morgan fingerprint density at radius 3 is 1.21 bits per heavy atom. The largest absolute Gasteiger partial charge is 0.467 e. The molecule has 0 bridgehead atoms. The predicted molar refractivity (Wildman–Crippen MR) is 246 cm³/mol. The standard InChI is InChI=1S/C25H29N3O3.C24H28N4O3.ClH/c1-25(2,26)22(24(30)31-3)28-23(29)20-12-10-18(11-13-20)5-4-17-6-8-19(9-7-17)16-27-21-14-15-21;1-24(2,25)21(23(30)28-31)27-22(29)19-11-9-17(10-12-19)4-3-16-5-7-18(8-6-16)15-26-20-13-14-20;/h6-13,21-22,27H,14-16,26H2,1-3H3,(H,28,29);5-12,20-21,26,31H,13-15,25H2,1-2H3,(H,27,29)(H,28,30);1H/t22-;21-;/m11./s1. The number of ether oxygens (including phenoxy) is 1. The Labute approximate surface area is 376 Å². The van der Waals surface area contributed by atoms with Crippen LogP contribution in [0.3, 0.4) is 0 Å². The Kier molecular flexibility index (Phi) is 18.0. The minimum atomic E-state index is -1.09. The van der Waals surface area contributed by atoms with Crippen LogP contribution in [0.15, 0.2) is 97.1 Å². The zero-order valence-electron chi connectivity index (χ0n) is 36.3. The van der Waals surface area contributed by atoms with E-state index in [0.29, 0.717) is 23.2 Å². The van der Waals surface area contributed by atoms with E-state index < -0.39 is 46.9 Å². The number of rotatable bonds is 14. The summed E-state index contributed by atoms with van der Waals surface area (Å²) in [5, 5.41) is 21.1. The lowest BCUT2D eigenvalue weighted by molar-refractivity contribution is -0.144. The molecule has 0 spiro atoms. The summed E-state index contributed by atoms with van der Waals surface area (Å²) in [5.41, 5.74) is 18.1. The maximum absolute atomic E-state index is 12.5. The molecule has 2 aliphatic rings. The molecule has 2 fully saturated rings. The van der Waals surface area contributed by atoms with Crippen molar-refractivity contribution >= 4 is 36.1 Å². The van der Waals surface area contributed by atoms with Gasteiger partial charge in [-0.1, -0.05) is 47.9 Å². The first-order valence-corrected chi connectivity index (χ1v) is 20.6. The van der Waals surface area contributed by atoms with E-state index in [0.717, 1.165) is 35.3 Å². The van der Waals surface area contributed by atoms with Crippen molar-refractivity contribution in [2.75, 3.05) is 7.11 Å². The topological polar surface area (TPSA) is 210 Å². The molecule has 13 nitrogen and oxygen atoms in total. The summed E-state index contributed by atoms with van der Waals surface area (Å²) in [4.78, 5) is 48.8. The molecule has 2 atom stereocenters. The fourth-order valence-electron chi connectivity index (χ4n) is 5.96. The molecule has 0 aliphatic heterocycles. The summed E-state index contributed by atoms with van der Waals surface area (Å²) in [6.07, 6.45) is 5.10. The van der Waals surface area contributed by atoms with E-state index in [9.17, 15) is 19.2 Å². The molecule has 14 heteroatoms. The number of hydrogen-bond acceptors (Lipinski definition) is 10. The van der Waals surface area contributed by atoms with Crippen molar-refractivity contribution < 1.29 is 29.1 Å². The van der Waals surface area contributed by atoms with Gasteiger partial charge in [0.2, 0.25) is 0 Å². The summed E-state index contributed by atoms with van der Waals surface area (Å²) >= 11 is 0. The first-order valence-electron chi connectivity index (χ1n) is 20.6. The van der Waals surface area contributed by atoms with Crippen LogP contribution in [-0.2, 0) is 27.4 Å². The zero-order chi connectivity index (χ0) is 44.9. The number of nitrogens with one attached hydrogen (secondary N) is 5. The second kappa shape index (κ2) is 22.9. The number of halogens is 1. The van der Waals surface area contributed by atoms with Gasteiger partial charge in [0.25, 0.3) is 17.7 Å². The molecule has 6 rings (SSSR count). The Morgan fingerprint density at radius 1 is 0.603 bits per heavy atom. The van der Waals surface area contributed by atoms with Crippen molar-refractivity contribution in [2.45, 2.75) is 102 Å². The number of carbonyl (C=O) groups is 4. The third-order valence-corrected chi connectivity index (χ3v) is 10.1. The minimum Gasteiger partial charge on any atom is -0.467 e. The molecule has 4 aromatic carbocycles.